The van der Waals surface area contributed by atoms with Gasteiger partial charge in [-0.25, -0.2) is 9.18 Å². The lowest BCUT2D eigenvalue weighted by atomic mass is 10.2. The lowest BCUT2D eigenvalue weighted by Gasteiger charge is -2.16. The molecule has 1 aromatic carbocycles. The molecule has 0 aliphatic heterocycles. The van der Waals surface area contributed by atoms with E-state index in [2.05, 4.69) is 10.5 Å². The number of nitrogens with one attached hydrogen (secondary N) is 1. The van der Waals surface area contributed by atoms with Crippen LogP contribution in [-0.4, -0.2) is 23.1 Å². The topological polar surface area (TPSA) is 58.4 Å². The third kappa shape index (κ3) is 3.34. The van der Waals surface area contributed by atoms with Crippen molar-refractivity contribution in [1.82, 2.24) is 10.1 Å². The fourth-order valence-corrected chi connectivity index (χ4v) is 1.69. The molecular formula is C14H16FN3O2. The molecule has 0 spiro atoms. The molecule has 0 bridgehead atoms. The van der Waals surface area contributed by atoms with Crippen molar-refractivity contribution in [3.8, 4) is 0 Å². The molecule has 5 nitrogen and oxygen atoms in total. The van der Waals surface area contributed by atoms with Crippen molar-refractivity contribution in [2.45, 2.75) is 20.4 Å². The van der Waals surface area contributed by atoms with Crippen molar-refractivity contribution < 1.29 is 13.7 Å². The van der Waals surface area contributed by atoms with E-state index in [-0.39, 0.29) is 11.8 Å². The minimum Gasteiger partial charge on any atom is -0.359 e. The molecule has 0 saturated heterocycles. The Kier molecular flexibility index (Phi) is 4.02. The van der Waals surface area contributed by atoms with Crippen LogP contribution in [-0.2, 0) is 6.54 Å². The van der Waals surface area contributed by atoms with Crippen LogP contribution in [0, 0.1) is 19.7 Å². The molecule has 0 unspecified atom stereocenters. The maximum atomic E-state index is 13.4. The average molecular weight is 277 g/mol. The zero-order valence-corrected chi connectivity index (χ0v) is 11.6. The molecule has 1 N–H and O–H groups in total. The summed E-state index contributed by atoms with van der Waals surface area (Å²) in [5.41, 5.74) is 1.71. The summed E-state index contributed by atoms with van der Waals surface area (Å²) in [6.07, 6.45) is 0. The number of carbonyl (C=O) groups excluding carboxylic acids is 1. The summed E-state index contributed by atoms with van der Waals surface area (Å²) in [5, 5.41) is 6.37. The molecule has 0 saturated carbocycles. The zero-order chi connectivity index (χ0) is 14.7. The molecule has 2 rings (SSSR count). The Morgan fingerprint density at radius 2 is 2.15 bits per heavy atom. The predicted molar refractivity (Wildman–Crippen MR) is 72.9 cm³/mol. The highest BCUT2D eigenvalue weighted by atomic mass is 19.1. The van der Waals surface area contributed by atoms with Gasteiger partial charge in [0.1, 0.15) is 5.82 Å². The summed E-state index contributed by atoms with van der Waals surface area (Å²) in [5.74, 6) is 0.242. The van der Waals surface area contributed by atoms with Crippen molar-refractivity contribution in [1.29, 1.82) is 0 Å². The second-order valence-electron chi connectivity index (χ2n) is 4.68. The smallest absolute Gasteiger partial charge is 0.321 e. The molecule has 2 amide bonds. The first-order valence-electron chi connectivity index (χ1n) is 6.16. The van der Waals surface area contributed by atoms with E-state index < -0.39 is 0 Å². The number of hydrogen-bond acceptors (Lipinski definition) is 3. The summed E-state index contributed by atoms with van der Waals surface area (Å²) in [7, 11) is 1.62. The third-order valence-corrected chi connectivity index (χ3v) is 2.84. The maximum absolute atomic E-state index is 13.4. The van der Waals surface area contributed by atoms with Crippen LogP contribution in [0.2, 0.25) is 0 Å². The SMILES string of the molecule is Cc1cc(CN(C)C(=O)Nc2ccc(C)c(F)c2)on1. The number of amides is 2. The van der Waals surface area contributed by atoms with E-state index in [1.54, 1.807) is 32.2 Å². The van der Waals surface area contributed by atoms with E-state index in [9.17, 15) is 9.18 Å². The summed E-state index contributed by atoms with van der Waals surface area (Å²) in [6, 6.07) is 5.98. The van der Waals surface area contributed by atoms with Gasteiger partial charge >= 0.3 is 6.03 Å². The zero-order valence-electron chi connectivity index (χ0n) is 11.6. The minimum absolute atomic E-state index is 0.293. The first-order chi connectivity index (χ1) is 9.45. The van der Waals surface area contributed by atoms with Crippen molar-refractivity contribution in [2.75, 3.05) is 12.4 Å². The Bertz CT molecular complexity index is 625. The van der Waals surface area contributed by atoms with Gasteiger partial charge in [0.25, 0.3) is 0 Å². The lowest BCUT2D eigenvalue weighted by molar-refractivity contribution is 0.214. The van der Waals surface area contributed by atoms with E-state index in [0.29, 0.717) is 23.6 Å². The van der Waals surface area contributed by atoms with Gasteiger partial charge in [0, 0.05) is 18.8 Å². The first kappa shape index (κ1) is 14.0. The highest BCUT2D eigenvalue weighted by Crippen LogP contribution is 2.14. The molecule has 0 atom stereocenters. The number of aryl methyl sites for hydroxylation is 2. The molecule has 0 fully saturated rings. The van der Waals surface area contributed by atoms with Crippen molar-refractivity contribution in [3.05, 3.63) is 47.1 Å². The number of anilines is 1. The number of hydrogen-bond donors (Lipinski definition) is 1. The van der Waals surface area contributed by atoms with Crippen LogP contribution >= 0.6 is 0 Å². The lowest BCUT2D eigenvalue weighted by Crippen LogP contribution is -2.30. The van der Waals surface area contributed by atoms with E-state index in [1.165, 1.54) is 11.0 Å². The summed E-state index contributed by atoms with van der Waals surface area (Å²) in [6.45, 7) is 3.77. The number of rotatable bonds is 3. The molecular weight excluding hydrogens is 261 g/mol. The number of nitrogens with zero attached hydrogens (tertiary/aromatic N) is 2. The molecule has 2 aromatic rings. The molecule has 6 heteroatoms. The standard InChI is InChI=1S/C14H16FN3O2/c1-9-4-5-11(7-13(9)15)16-14(19)18(3)8-12-6-10(2)17-20-12/h4-7H,8H2,1-3H3,(H,16,19). The van der Waals surface area contributed by atoms with Gasteiger partial charge in [0.15, 0.2) is 5.76 Å². The average Bonchev–Trinajstić information content (AvgIpc) is 2.79. The monoisotopic (exact) mass is 277 g/mol. The van der Waals surface area contributed by atoms with Gasteiger partial charge in [-0.05, 0) is 31.5 Å². The minimum atomic E-state index is -0.351. The van der Waals surface area contributed by atoms with Crippen LogP contribution < -0.4 is 5.32 Å². The largest absolute Gasteiger partial charge is 0.359 e. The van der Waals surface area contributed by atoms with Crippen LogP contribution in [0.1, 0.15) is 17.0 Å². The molecule has 1 aromatic heterocycles. The van der Waals surface area contributed by atoms with Gasteiger partial charge in [-0.15, -0.1) is 0 Å². The third-order valence-electron chi connectivity index (χ3n) is 2.84. The van der Waals surface area contributed by atoms with Gasteiger partial charge < -0.3 is 14.7 Å². The summed E-state index contributed by atoms with van der Waals surface area (Å²) < 4.78 is 18.4. The van der Waals surface area contributed by atoms with Crippen molar-refractivity contribution in [2.24, 2.45) is 0 Å². The number of urea groups is 1. The van der Waals surface area contributed by atoms with Crippen LogP contribution in [0.5, 0.6) is 0 Å². The highest BCUT2D eigenvalue weighted by Gasteiger charge is 2.12. The van der Waals surface area contributed by atoms with Crippen LogP contribution in [0.25, 0.3) is 0 Å². The fraction of sp³-hybridized carbons (Fsp3) is 0.286. The number of aromatic nitrogens is 1. The Morgan fingerprint density at radius 3 is 2.75 bits per heavy atom. The second-order valence-corrected chi connectivity index (χ2v) is 4.68. The highest BCUT2D eigenvalue weighted by molar-refractivity contribution is 5.89. The first-order valence-corrected chi connectivity index (χ1v) is 6.16. The normalized spacial score (nSPS) is 10.4. The van der Waals surface area contributed by atoms with Crippen LogP contribution in [0.3, 0.4) is 0 Å². The molecule has 0 radical (unpaired) electrons. The van der Waals surface area contributed by atoms with Crippen molar-refractivity contribution in [3.63, 3.8) is 0 Å². The number of halogens is 1. The molecule has 106 valence electrons. The Labute approximate surface area is 116 Å². The second kappa shape index (κ2) is 5.73. The van der Waals surface area contributed by atoms with Crippen molar-refractivity contribution >= 4 is 11.7 Å². The van der Waals surface area contributed by atoms with E-state index in [1.807, 2.05) is 6.92 Å². The van der Waals surface area contributed by atoms with E-state index in [4.69, 9.17) is 4.52 Å². The predicted octanol–water partition coefficient (Wildman–Crippen LogP) is 3.09. The molecule has 1 heterocycles. The van der Waals surface area contributed by atoms with Crippen LogP contribution in [0.4, 0.5) is 14.9 Å². The Hall–Kier alpha value is -2.37. The van der Waals surface area contributed by atoms with Gasteiger partial charge in [-0.3, -0.25) is 0 Å². The number of benzene rings is 1. The van der Waals surface area contributed by atoms with Gasteiger partial charge in [-0.2, -0.15) is 0 Å². The molecule has 0 aliphatic rings. The quantitative estimate of drug-likeness (QED) is 0.937. The molecule has 20 heavy (non-hydrogen) atoms. The summed E-state index contributed by atoms with van der Waals surface area (Å²) in [4.78, 5) is 13.4. The Morgan fingerprint density at radius 1 is 1.40 bits per heavy atom. The summed E-state index contributed by atoms with van der Waals surface area (Å²) >= 11 is 0. The molecule has 0 aliphatic carbocycles. The van der Waals surface area contributed by atoms with E-state index in [0.717, 1.165) is 5.69 Å². The van der Waals surface area contributed by atoms with Crippen LogP contribution in [0.15, 0.2) is 28.8 Å². The maximum Gasteiger partial charge on any atom is 0.321 e. The van der Waals surface area contributed by atoms with Gasteiger partial charge in [-0.1, -0.05) is 11.2 Å². The Balaban J connectivity index is 1.98. The number of carbonyl (C=O) groups is 1. The van der Waals surface area contributed by atoms with E-state index >= 15 is 0 Å². The van der Waals surface area contributed by atoms with Gasteiger partial charge in [0.2, 0.25) is 0 Å². The van der Waals surface area contributed by atoms with Gasteiger partial charge in [0.05, 0.1) is 12.2 Å². The fourth-order valence-electron chi connectivity index (χ4n) is 1.69.